The zero-order valence-electron chi connectivity index (χ0n) is 20.4. The molecule has 0 aliphatic heterocycles. The van der Waals surface area contributed by atoms with Crippen LogP contribution in [0.5, 0.6) is 11.6 Å². The van der Waals surface area contributed by atoms with Crippen molar-refractivity contribution in [3.8, 4) is 22.9 Å². The fourth-order valence-corrected chi connectivity index (χ4v) is 3.68. The standard InChI is InChI=1S/C26H22ClF3N6O2/c1-14-15(2)22(38-23-17(5-4-11-32-23)20-10-12-33-24(31-3)34-20)9-8-19(14)35-25(37)36-21-13-16(26(28,29)30)6-7-18(21)27/h4-13H,1-3H3,(H,31,33,34)(H2,35,36,37). The zero-order valence-corrected chi connectivity index (χ0v) is 21.2. The highest BCUT2D eigenvalue weighted by atomic mass is 35.5. The van der Waals surface area contributed by atoms with Crippen LogP contribution in [0.2, 0.25) is 5.02 Å². The molecule has 8 nitrogen and oxygen atoms in total. The number of nitrogens with zero attached hydrogens (tertiary/aromatic N) is 3. The third-order valence-electron chi connectivity index (χ3n) is 5.66. The summed E-state index contributed by atoms with van der Waals surface area (Å²) < 4.78 is 45.2. The number of benzene rings is 2. The molecule has 2 heterocycles. The Hall–Kier alpha value is -4.38. The Morgan fingerprint density at radius 3 is 2.45 bits per heavy atom. The second-order valence-electron chi connectivity index (χ2n) is 8.11. The molecule has 12 heteroatoms. The summed E-state index contributed by atoms with van der Waals surface area (Å²) in [6, 6.07) is 10.6. The lowest BCUT2D eigenvalue weighted by Crippen LogP contribution is -2.21. The molecule has 0 fully saturated rings. The highest BCUT2D eigenvalue weighted by molar-refractivity contribution is 6.33. The van der Waals surface area contributed by atoms with Crippen molar-refractivity contribution < 1.29 is 22.7 Å². The number of aromatic nitrogens is 3. The van der Waals surface area contributed by atoms with E-state index in [0.717, 1.165) is 23.8 Å². The number of hydrogen-bond donors (Lipinski definition) is 3. The summed E-state index contributed by atoms with van der Waals surface area (Å²) in [5, 5.41) is 7.87. The number of pyridine rings is 1. The van der Waals surface area contributed by atoms with E-state index in [9.17, 15) is 18.0 Å². The summed E-state index contributed by atoms with van der Waals surface area (Å²) in [5.74, 6) is 1.27. The van der Waals surface area contributed by atoms with Crippen LogP contribution in [0.1, 0.15) is 16.7 Å². The first kappa shape index (κ1) is 26.7. The summed E-state index contributed by atoms with van der Waals surface area (Å²) >= 11 is 5.98. The minimum atomic E-state index is -4.57. The molecule has 0 aliphatic rings. The lowest BCUT2D eigenvalue weighted by Gasteiger charge is -2.17. The number of nitrogens with one attached hydrogen (secondary N) is 3. The SMILES string of the molecule is CNc1nccc(-c2cccnc2Oc2ccc(NC(=O)Nc3cc(C(F)(F)F)ccc3Cl)c(C)c2C)n1. The Labute approximate surface area is 221 Å². The number of urea groups is 1. The number of ether oxygens (including phenoxy) is 1. The summed E-state index contributed by atoms with van der Waals surface area (Å²) in [5.41, 5.74) is 2.02. The number of amides is 2. The quantitative estimate of drug-likeness (QED) is 0.236. The monoisotopic (exact) mass is 542 g/mol. The molecule has 38 heavy (non-hydrogen) atoms. The van der Waals surface area contributed by atoms with Gasteiger partial charge in [-0.1, -0.05) is 11.6 Å². The molecule has 3 N–H and O–H groups in total. The molecule has 0 saturated carbocycles. The summed E-state index contributed by atoms with van der Waals surface area (Å²) in [7, 11) is 1.72. The average molecular weight is 543 g/mol. The third-order valence-corrected chi connectivity index (χ3v) is 5.99. The van der Waals surface area contributed by atoms with Crippen LogP contribution in [0.4, 0.5) is 35.3 Å². The first-order chi connectivity index (χ1) is 18.1. The number of carbonyl (C=O) groups is 1. The van der Waals surface area contributed by atoms with Crippen LogP contribution >= 0.6 is 11.6 Å². The van der Waals surface area contributed by atoms with Crippen LogP contribution in [0.25, 0.3) is 11.3 Å². The number of carbonyl (C=O) groups excluding carboxylic acids is 1. The van der Waals surface area contributed by atoms with Gasteiger partial charge in [0.1, 0.15) is 5.75 Å². The number of alkyl halides is 3. The van der Waals surface area contributed by atoms with Gasteiger partial charge in [-0.15, -0.1) is 0 Å². The van der Waals surface area contributed by atoms with Crippen molar-refractivity contribution in [2.24, 2.45) is 0 Å². The van der Waals surface area contributed by atoms with Gasteiger partial charge >= 0.3 is 12.2 Å². The topological polar surface area (TPSA) is 101 Å². The van der Waals surface area contributed by atoms with Crippen LogP contribution < -0.4 is 20.7 Å². The number of rotatable bonds is 6. The van der Waals surface area contributed by atoms with Crippen LogP contribution in [0.3, 0.4) is 0 Å². The molecule has 4 rings (SSSR count). The number of halogens is 4. The van der Waals surface area contributed by atoms with Crippen LogP contribution in [-0.2, 0) is 6.18 Å². The lowest BCUT2D eigenvalue weighted by atomic mass is 10.1. The highest BCUT2D eigenvalue weighted by Gasteiger charge is 2.31. The maximum Gasteiger partial charge on any atom is 0.416 e. The smallest absolute Gasteiger partial charge is 0.416 e. The second-order valence-corrected chi connectivity index (χ2v) is 8.51. The molecular weight excluding hydrogens is 521 g/mol. The predicted octanol–water partition coefficient (Wildman–Crippen LogP) is 7.31. The van der Waals surface area contributed by atoms with E-state index in [0.29, 0.717) is 40.1 Å². The molecule has 0 bridgehead atoms. The molecule has 0 radical (unpaired) electrons. The normalized spacial score (nSPS) is 11.1. The first-order valence-electron chi connectivity index (χ1n) is 11.3. The van der Waals surface area contributed by atoms with Crippen LogP contribution in [0.15, 0.2) is 60.9 Å². The third kappa shape index (κ3) is 5.94. The van der Waals surface area contributed by atoms with Gasteiger partial charge in [0.15, 0.2) is 0 Å². The van der Waals surface area contributed by atoms with Crippen molar-refractivity contribution in [2.45, 2.75) is 20.0 Å². The van der Waals surface area contributed by atoms with Gasteiger partial charge in [0.05, 0.1) is 27.5 Å². The van der Waals surface area contributed by atoms with Crippen molar-refractivity contribution in [1.82, 2.24) is 15.0 Å². The summed E-state index contributed by atoms with van der Waals surface area (Å²) in [6.45, 7) is 3.59. The Morgan fingerprint density at radius 1 is 0.947 bits per heavy atom. The Kier molecular flexibility index (Phi) is 7.67. The first-order valence-corrected chi connectivity index (χ1v) is 11.6. The number of hydrogen-bond acceptors (Lipinski definition) is 6. The van der Waals surface area contributed by atoms with Crippen molar-refractivity contribution in [3.63, 3.8) is 0 Å². The van der Waals surface area contributed by atoms with Gasteiger partial charge in [0.2, 0.25) is 11.8 Å². The fraction of sp³-hybridized carbons (Fsp3) is 0.154. The molecular formula is C26H22ClF3N6O2. The predicted molar refractivity (Wildman–Crippen MR) is 140 cm³/mol. The summed E-state index contributed by atoms with van der Waals surface area (Å²) in [4.78, 5) is 25.5. The van der Waals surface area contributed by atoms with Crippen molar-refractivity contribution >= 4 is 35.0 Å². The van der Waals surface area contributed by atoms with E-state index in [1.165, 1.54) is 0 Å². The maximum absolute atomic E-state index is 13.0. The molecule has 2 aromatic heterocycles. The van der Waals surface area contributed by atoms with Gasteiger partial charge in [-0.2, -0.15) is 13.2 Å². The maximum atomic E-state index is 13.0. The molecule has 4 aromatic rings. The largest absolute Gasteiger partial charge is 0.438 e. The molecule has 0 saturated heterocycles. The molecule has 0 atom stereocenters. The van der Waals surface area contributed by atoms with Gasteiger partial charge in [-0.05, 0) is 73.5 Å². The van der Waals surface area contributed by atoms with E-state index in [-0.39, 0.29) is 10.7 Å². The lowest BCUT2D eigenvalue weighted by molar-refractivity contribution is -0.137. The molecule has 2 aromatic carbocycles. The average Bonchev–Trinajstić information content (AvgIpc) is 2.89. The minimum Gasteiger partial charge on any atom is -0.438 e. The van der Waals surface area contributed by atoms with E-state index in [4.69, 9.17) is 16.3 Å². The van der Waals surface area contributed by atoms with Gasteiger partial charge in [-0.25, -0.2) is 19.7 Å². The molecule has 0 aliphatic carbocycles. The minimum absolute atomic E-state index is 0.0264. The Morgan fingerprint density at radius 2 is 1.71 bits per heavy atom. The molecule has 2 amide bonds. The van der Waals surface area contributed by atoms with E-state index >= 15 is 0 Å². The summed E-state index contributed by atoms with van der Waals surface area (Å²) in [6.07, 6.45) is -1.35. The van der Waals surface area contributed by atoms with Crippen molar-refractivity contribution in [2.75, 3.05) is 23.0 Å². The number of anilines is 3. The Balaban J connectivity index is 1.54. The van der Waals surface area contributed by atoms with Crippen LogP contribution in [0, 0.1) is 13.8 Å². The fourth-order valence-electron chi connectivity index (χ4n) is 3.52. The molecule has 0 unspecified atom stereocenters. The van der Waals surface area contributed by atoms with E-state index < -0.39 is 17.8 Å². The van der Waals surface area contributed by atoms with E-state index in [1.807, 2.05) is 13.0 Å². The van der Waals surface area contributed by atoms with Gasteiger partial charge in [0.25, 0.3) is 0 Å². The van der Waals surface area contributed by atoms with E-state index in [1.54, 1.807) is 50.6 Å². The van der Waals surface area contributed by atoms with Crippen molar-refractivity contribution in [1.29, 1.82) is 0 Å². The van der Waals surface area contributed by atoms with Crippen molar-refractivity contribution in [3.05, 3.63) is 82.6 Å². The Bertz CT molecular complexity index is 1500. The van der Waals surface area contributed by atoms with Gasteiger partial charge < -0.3 is 20.7 Å². The van der Waals surface area contributed by atoms with Gasteiger partial charge in [-0.3, -0.25) is 0 Å². The zero-order chi connectivity index (χ0) is 27.4. The van der Waals surface area contributed by atoms with Gasteiger partial charge in [0, 0.05) is 25.1 Å². The molecule has 0 spiro atoms. The highest BCUT2D eigenvalue weighted by Crippen LogP contribution is 2.36. The van der Waals surface area contributed by atoms with Crippen LogP contribution in [-0.4, -0.2) is 28.0 Å². The van der Waals surface area contributed by atoms with E-state index in [2.05, 4.69) is 30.9 Å². The second kappa shape index (κ2) is 10.9. The molecule has 196 valence electrons.